The van der Waals surface area contributed by atoms with Crippen LogP contribution in [-0.4, -0.2) is 18.4 Å². The number of ether oxygens (including phenoxy) is 1. The van der Waals surface area contributed by atoms with Crippen LogP contribution in [0, 0.1) is 5.41 Å². The third-order valence-corrected chi connectivity index (χ3v) is 6.18. The maximum absolute atomic E-state index is 12.1. The number of allylic oxidation sites excluding steroid dienone is 6. The van der Waals surface area contributed by atoms with Crippen molar-refractivity contribution in [2.75, 3.05) is 6.61 Å². The van der Waals surface area contributed by atoms with Crippen molar-refractivity contribution in [1.29, 1.82) is 0 Å². The third kappa shape index (κ3) is 6.32. The van der Waals surface area contributed by atoms with Gasteiger partial charge in [-0.2, -0.15) is 0 Å². The van der Waals surface area contributed by atoms with Gasteiger partial charge in [0.25, 0.3) is 0 Å². The second-order valence-corrected chi connectivity index (χ2v) is 8.92. The van der Waals surface area contributed by atoms with Crippen molar-refractivity contribution in [2.24, 2.45) is 5.41 Å². The summed E-state index contributed by atoms with van der Waals surface area (Å²) in [6.07, 6.45) is 13.9. The van der Waals surface area contributed by atoms with Crippen LogP contribution in [0.4, 0.5) is 0 Å². The summed E-state index contributed by atoms with van der Waals surface area (Å²) in [6.45, 7) is 11.3. The molecule has 3 heteroatoms. The van der Waals surface area contributed by atoms with Crippen LogP contribution in [0.5, 0.6) is 0 Å². The molecule has 0 radical (unpaired) electrons. The Morgan fingerprint density at radius 3 is 2.43 bits per heavy atom. The van der Waals surface area contributed by atoms with Gasteiger partial charge < -0.3 is 4.74 Å². The number of rotatable bonds is 9. The van der Waals surface area contributed by atoms with Crippen LogP contribution < -0.4 is 0 Å². The molecule has 0 aromatic heterocycles. The molecule has 1 aliphatic heterocycles. The van der Waals surface area contributed by atoms with E-state index in [-0.39, 0.29) is 11.4 Å². The van der Waals surface area contributed by atoms with Crippen molar-refractivity contribution < 1.29 is 14.3 Å². The zero-order valence-corrected chi connectivity index (χ0v) is 18.3. The Morgan fingerprint density at radius 2 is 1.75 bits per heavy atom. The minimum absolute atomic E-state index is 0.152. The summed E-state index contributed by atoms with van der Waals surface area (Å²) in [5, 5.41) is 0. The first kappa shape index (κ1) is 22.4. The molecule has 0 aromatic rings. The lowest BCUT2D eigenvalue weighted by Gasteiger charge is -2.34. The molecule has 0 saturated carbocycles. The molecular formula is C25H36O3. The molecule has 1 aliphatic carbocycles. The zero-order valence-electron chi connectivity index (χ0n) is 18.3. The summed E-state index contributed by atoms with van der Waals surface area (Å²) in [7, 11) is 0. The van der Waals surface area contributed by atoms with Gasteiger partial charge in [0.05, 0.1) is 0 Å². The first-order valence-corrected chi connectivity index (χ1v) is 10.6. The van der Waals surface area contributed by atoms with E-state index < -0.39 is 0 Å². The summed E-state index contributed by atoms with van der Waals surface area (Å²) in [5.74, 6) is 0.177. The average molecular weight is 385 g/mol. The molecule has 0 unspecified atom stereocenters. The molecule has 0 saturated heterocycles. The molecule has 0 spiro atoms. The van der Waals surface area contributed by atoms with E-state index in [1.54, 1.807) is 0 Å². The first-order valence-electron chi connectivity index (χ1n) is 10.6. The molecule has 0 bridgehead atoms. The highest BCUT2D eigenvalue weighted by Gasteiger charge is 2.31. The van der Waals surface area contributed by atoms with Gasteiger partial charge in [-0.15, -0.1) is 0 Å². The van der Waals surface area contributed by atoms with Crippen LogP contribution in [0.25, 0.3) is 0 Å². The minimum atomic E-state index is -0.155. The van der Waals surface area contributed by atoms with Crippen molar-refractivity contribution in [1.82, 2.24) is 0 Å². The maximum atomic E-state index is 12.1. The fourth-order valence-corrected chi connectivity index (χ4v) is 4.11. The summed E-state index contributed by atoms with van der Waals surface area (Å²) >= 11 is 0. The van der Waals surface area contributed by atoms with Crippen LogP contribution >= 0.6 is 0 Å². The fraction of sp³-hybridized carbons (Fsp3) is 0.600. The molecule has 0 amide bonds. The number of carbonyl (C=O) groups excluding carboxylic acids is 2. The van der Waals surface area contributed by atoms with Crippen LogP contribution in [0.15, 0.2) is 46.1 Å². The van der Waals surface area contributed by atoms with E-state index in [4.69, 9.17) is 4.74 Å². The molecule has 1 heterocycles. The van der Waals surface area contributed by atoms with Gasteiger partial charge in [0.2, 0.25) is 0 Å². The highest BCUT2D eigenvalue weighted by Crippen LogP contribution is 2.41. The minimum Gasteiger partial charge on any atom is -0.458 e. The van der Waals surface area contributed by atoms with E-state index in [0.29, 0.717) is 18.8 Å². The van der Waals surface area contributed by atoms with E-state index in [0.717, 1.165) is 56.1 Å². The molecule has 3 nitrogen and oxygen atoms in total. The first-order chi connectivity index (χ1) is 13.2. The van der Waals surface area contributed by atoms with Crippen LogP contribution in [0.2, 0.25) is 0 Å². The highest BCUT2D eigenvalue weighted by atomic mass is 16.5. The lowest BCUT2D eigenvalue weighted by molar-refractivity contribution is -0.136. The molecule has 2 aliphatic rings. The van der Waals surface area contributed by atoms with Crippen molar-refractivity contribution in [3.05, 3.63) is 46.1 Å². The number of carbonyl (C=O) groups is 2. The Kier molecular flexibility index (Phi) is 8.03. The van der Waals surface area contributed by atoms with Crippen molar-refractivity contribution in [3.8, 4) is 0 Å². The number of cyclic esters (lactones) is 1. The van der Waals surface area contributed by atoms with Crippen molar-refractivity contribution in [2.45, 2.75) is 86.0 Å². The number of ketones is 1. The van der Waals surface area contributed by atoms with Crippen molar-refractivity contribution >= 4 is 11.8 Å². The normalized spacial score (nSPS) is 20.5. The zero-order chi connectivity index (χ0) is 20.7. The number of esters is 1. The largest absolute Gasteiger partial charge is 0.458 e. The van der Waals surface area contributed by atoms with E-state index in [2.05, 4.69) is 39.8 Å². The van der Waals surface area contributed by atoms with Gasteiger partial charge in [-0.25, -0.2) is 4.79 Å². The molecular weight excluding hydrogens is 348 g/mol. The molecule has 0 aromatic carbocycles. The van der Waals surface area contributed by atoms with E-state index in [9.17, 15) is 9.59 Å². The second-order valence-electron chi connectivity index (χ2n) is 8.92. The Morgan fingerprint density at radius 1 is 1.07 bits per heavy atom. The molecule has 0 fully saturated rings. The van der Waals surface area contributed by atoms with E-state index in [1.165, 1.54) is 16.7 Å². The SMILES string of the molecule is CC(=CCC/C(C)=C/CCC1=CCOC1=O)CCC1=C(C)C(=O)CCC1(C)C. The third-order valence-electron chi connectivity index (χ3n) is 6.18. The fourth-order valence-electron chi connectivity index (χ4n) is 4.11. The molecule has 0 atom stereocenters. The predicted octanol–water partition coefficient (Wildman–Crippen LogP) is 6.41. The Balaban J connectivity index is 1.76. The van der Waals surface area contributed by atoms with Crippen LogP contribution in [0.3, 0.4) is 0 Å². The molecule has 2 rings (SSSR count). The lowest BCUT2D eigenvalue weighted by atomic mass is 9.70. The summed E-state index contributed by atoms with van der Waals surface area (Å²) in [6, 6.07) is 0. The van der Waals surface area contributed by atoms with Gasteiger partial charge in [0.15, 0.2) is 5.78 Å². The van der Waals surface area contributed by atoms with Gasteiger partial charge in [0.1, 0.15) is 6.61 Å². The number of hydrogen-bond acceptors (Lipinski definition) is 3. The summed E-state index contributed by atoms with van der Waals surface area (Å²) in [5.41, 5.74) is 6.10. The van der Waals surface area contributed by atoms with Crippen LogP contribution in [0.1, 0.15) is 86.0 Å². The second kappa shape index (κ2) is 10.0. The summed E-state index contributed by atoms with van der Waals surface area (Å²) in [4.78, 5) is 23.5. The molecule has 0 N–H and O–H groups in total. The highest BCUT2D eigenvalue weighted by molar-refractivity contribution is 5.96. The molecule has 154 valence electrons. The predicted molar refractivity (Wildman–Crippen MR) is 115 cm³/mol. The Bertz CT molecular complexity index is 729. The smallest absolute Gasteiger partial charge is 0.334 e. The quantitative estimate of drug-likeness (QED) is 0.341. The topological polar surface area (TPSA) is 43.4 Å². The van der Waals surface area contributed by atoms with Gasteiger partial charge in [-0.3, -0.25) is 4.79 Å². The standard InChI is InChI=1S/C25H36O3/c1-18(10-7-11-21-15-17-28-24(21)27)8-6-9-19(2)12-13-22-20(3)23(26)14-16-25(22,4)5/h9-10,15H,6-8,11-14,16-17H2,1-5H3/b18-10+,19-9?. The average Bonchev–Trinajstić information content (AvgIpc) is 3.03. The van der Waals surface area contributed by atoms with Gasteiger partial charge in [-0.1, -0.05) is 42.7 Å². The number of Topliss-reactive ketones (excluding diaryl/α,β-unsaturated/α-hetero) is 1. The van der Waals surface area contributed by atoms with E-state index >= 15 is 0 Å². The molecule has 28 heavy (non-hydrogen) atoms. The van der Waals surface area contributed by atoms with Crippen LogP contribution in [-0.2, 0) is 14.3 Å². The van der Waals surface area contributed by atoms with E-state index in [1.807, 2.05) is 13.0 Å². The van der Waals surface area contributed by atoms with Gasteiger partial charge in [0, 0.05) is 12.0 Å². The lowest BCUT2D eigenvalue weighted by Crippen LogP contribution is -2.25. The van der Waals surface area contributed by atoms with Gasteiger partial charge in [-0.05, 0) is 82.8 Å². The number of hydrogen-bond donors (Lipinski definition) is 0. The van der Waals surface area contributed by atoms with Gasteiger partial charge >= 0.3 is 5.97 Å². The Hall–Kier alpha value is -1.90. The maximum Gasteiger partial charge on any atom is 0.334 e. The summed E-state index contributed by atoms with van der Waals surface area (Å²) < 4.78 is 4.92. The monoisotopic (exact) mass is 384 g/mol. The Labute approximate surface area is 170 Å². The van der Waals surface area contributed by atoms with Crippen molar-refractivity contribution in [3.63, 3.8) is 0 Å².